The Labute approximate surface area is 220 Å². The minimum Gasteiger partial charge on any atom is -0.455 e. The topological polar surface area (TPSA) is 107 Å². The fourth-order valence-electron chi connectivity index (χ4n) is 4.54. The minimum atomic E-state index is -3.29. The van der Waals surface area contributed by atoms with Crippen molar-refractivity contribution in [3.63, 3.8) is 0 Å². The third-order valence-electron chi connectivity index (χ3n) is 6.47. The van der Waals surface area contributed by atoms with Crippen LogP contribution in [0.3, 0.4) is 0 Å². The number of carbonyl (C=O) groups excluding carboxylic acids is 1. The summed E-state index contributed by atoms with van der Waals surface area (Å²) in [4.78, 5) is 32.7. The summed E-state index contributed by atoms with van der Waals surface area (Å²) in [5.41, 5.74) is 2.31. The lowest BCUT2D eigenvalue weighted by molar-refractivity contribution is 0.00344. The minimum absolute atomic E-state index is 0.103. The maximum absolute atomic E-state index is 14.5. The summed E-state index contributed by atoms with van der Waals surface area (Å²) in [5.74, 6) is 0.388. The molecule has 0 radical (unpaired) electrons. The normalized spacial score (nSPS) is 12.4. The van der Waals surface area contributed by atoms with Gasteiger partial charge in [-0.1, -0.05) is 0 Å². The molecule has 0 spiro atoms. The van der Waals surface area contributed by atoms with Crippen LogP contribution in [0.4, 0.5) is 13.2 Å². The number of ether oxygens (including phenoxy) is 1. The number of nitrogens with zero attached hydrogens (tertiary/aromatic N) is 4. The molecule has 1 amide bonds. The van der Waals surface area contributed by atoms with Crippen LogP contribution in [-0.4, -0.2) is 43.2 Å². The van der Waals surface area contributed by atoms with Crippen molar-refractivity contribution in [1.29, 1.82) is 0 Å². The van der Waals surface area contributed by atoms with E-state index in [2.05, 4.69) is 20.4 Å². The smallest absolute Gasteiger partial charge is 0.289 e. The van der Waals surface area contributed by atoms with Gasteiger partial charge in [0.25, 0.3) is 24.2 Å². The molecule has 0 saturated heterocycles. The zero-order valence-electron chi connectivity index (χ0n) is 21.6. The largest absolute Gasteiger partial charge is 0.455 e. The number of benzene rings is 1. The first-order chi connectivity index (χ1) is 18.6. The van der Waals surface area contributed by atoms with E-state index in [1.165, 1.54) is 16.8 Å². The van der Waals surface area contributed by atoms with Crippen LogP contribution in [0.1, 0.15) is 35.0 Å². The predicted molar refractivity (Wildman–Crippen MR) is 140 cm³/mol. The van der Waals surface area contributed by atoms with Crippen molar-refractivity contribution in [1.82, 2.24) is 29.6 Å². The van der Waals surface area contributed by atoms with Crippen molar-refractivity contribution in [2.75, 3.05) is 6.54 Å². The number of carbonyl (C=O) groups is 1. The summed E-state index contributed by atoms with van der Waals surface area (Å²) in [6, 6.07) is 6.39. The van der Waals surface area contributed by atoms with E-state index in [0.29, 0.717) is 50.3 Å². The van der Waals surface area contributed by atoms with Gasteiger partial charge in [0.1, 0.15) is 17.0 Å². The van der Waals surface area contributed by atoms with E-state index >= 15 is 0 Å². The zero-order valence-corrected chi connectivity index (χ0v) is 21.6. The molecule has 0 bridgehead atoms. The van der Waals surface area contributed by atoms with Gasteiger partial charge in [-0.3, -0.25) is 14.6 Å². The van der Waals surface area contributed by atoms with E-state index < -0.39 is 18.6 Å². The highest BCUT2D eigenvalue weighted by Crippen LogP contribution is 2.41. The molecule has 0 fully saturated rings. The number of rotatable bonds is 7. The number of hydrogen-bond donors (Lipinski definition) is 2. The number of alkyl halides is 3. The van der Waals surface area contributed by atoms with Crippen molar-refractivity contribution in [2.45, 2.75) is 33.5 Å². The van der Waals surface area contributed by atoms with E-state index in [0.717, 1.165) is 5.56 Å². The van der Waals surface area contributed by atoms with Crippen LogP contribution in [0.2, 0.25) is 0 Å². The average molecular weight is 539 g/mol. The van der Waals surface area contributed by atoms with Crippen molar-refractivity contribution in [2.24, 2.45) is 7.05 Å². The first-order valence-corrected chi connectivity index (χ1v) is 12.1. The molecule has 1 aromatic carbocycles. The Bertz CT molecular complexity index is 1770. The second kappa shape index (κ2) is 9.93. The summed E-state index contributed by atoms with van der Waals surface area (Å²) in [6.45, 7) is 5.79. The molecule has 0 saturated carbocycles. The molecule has 39 heavy (non-hydrogen) atoms. The number of amides is 1. The zero-order chi connectivity index (χ0) is 28.0. The second-order valence-corrected chi connectivity index (χ2v) is 9.14. The Kier molecular flexibility index (Phi) is 6.62. The van der Waals surface area contributed by atoms with Crippen LogP contribution in [0, 0.1) is 13.8 Å². The van der Waals surface area contributed by atoms with Crippen LogP contribution in [0.25, 0.3) is 32.9 Å². The molecule has 5 aromatic rings. The summed E-state index contributed by atoms with van der Waals surface area (Å²) < 4.78 is 49.3. The lowest BCUT2D eigenvalue weighted by Gasteiger charge is -2.17. The SMILES string of the molecule is CCNC(=O)c1cc2c(-c3cc4c(cnn4C(F)C(F)F)cc3Oc3c(C)ccnc3C)cn(C)c(=O)c2[nH]1. The third-order valence-corrected chi connectivity index (χ3v) is 6.47. The quantitative estimate of drug-likeness (QED) is 0.297. The van der Waals surface area contributed by atoms with Crippen LogP contribution >= 0.6 is 0 Å². The number of halogens is 3. The fraction of sp³-hybridized carbons (Fsp3) is 0.259. The number of H-pyrrole nitrogens is 1. The molecular formula is C27H25F3N6O3. The molecule has 0 aliphatic heterocycles. The Morgan fingerprint density at radius 2 is 1.95 bits per heavy atom. The molecule has 0 aliphatic rings. The van der Waals surface area contributed by atoms with E-state index in [-0.39, 0.29) is 22.3 Å². The molecule has 0 aliphatic carbocycles. The highest BCUT2D eigenvalue weighted by molar-refractivity contribution is 6.04. The number of fused-ring (bicyclic) bond motifs is 2. The molecule has 202 valence electrons. The highest BCUT2D eigenvalue weighted by atomic mass is 19.3. The van der Waals surface area contributed by atoms with E-state index in [9.17, 15) is 22.8 Å². The predicted octanol–water partition coefficient (Wildman–Crippen LogP) is 5.17. The number of aromatic amines is 1. The summed E-state index contributed by atoms with van der Waals surface area (Å²) >= 11 is 0. The number of aryl methyl sites for hydroxylation is 3. The number of pyridine rings is 2. The van der Waals surface area contributed by atoms with E-state index in [1.54, 1.807) is 51.5 Å². The first kappa shape index (κ1) is 26.0. The lowest BCUT2D eigenvalue weighted by atomic mass is 10.0. The van der Waals surface area contributed by atoms with Crippen LogP contribution in [0.5, 0.6) is 11.5 Å². The Morgan fingerprint density at radius 1 is 1.18 bits per heavy atom. The van der Waals surface area contributed by atoms with Crippen molar-refractivity contribution in [3.05, 3.63) is 70.2 Å². The van der Waals surface area contributed by atoms with Gasteiger partial charge in [0.15, 0.2) is 5.75 Å². The summed E-state index contributed by atoms with van der Waals surface area (Å²) in [5, 5.41) is 7.32. The van der Waals surface area contributed by atoms with Crippen LogP contribution in [-0.2, 0) is 7.05 Å². The van der Waals surface area contributed by atoms with Gasteiger partial charge in [0.2, 0.25) is 0 Å². The van der Waals surface area contributed by atoms with Gasteiger partial charge in [-0.05, 0) is 50.6 Å². The van der Waals surface area contributed by atoms with Gasteiger partial charge in [-0.2, -0.15) is 5.10 Å². The van der Waals surface area contributed by atoms with E-state index in [4.69, 9.17) is 4.74 Å². The molecule has 2 N–H and O–H groups in total. The molecule has 9 nitrogen and oxygen atoms in total. The van der Waals surface area contributed by atoms with Crippen LogP contribution in [0.15, 0.2) is 47.7 Å². The molecular weight excluding hydrogens is 513 g/mol. The molecule has 4 heterocycles. The monoisotopic (exact) mass is 538 g/mol. The van der Waals surface area contributed by atoms with Gasteiger partial charge in [0.05, 0.1) is 17.4 Å². The van der Waals surface area contributed by atoms with Gasteiger partial charge in [0, 0.05) is 47.9 Å². The van der Waals surface area contributed by atoms with E-state index in [1.807, 2.05) is 6.92 Å². The number of aromatic nitrogens is 5. The summed E-state index contributed by atoms with van der Waals surface area (Å²) in [6.07, 6.45) is -1.47. The second-order valence-electron chi connectivity index (χ2n) is 9.14. The highest BCUT2D eigenvalue weighted by Gasteiger charge is 2.26. The molecule has 1 atom stereocenters. The lowest BCUT2D eigenvalue weighted by Crippen LogP contribution is -2.23. The Balaban J connectivity index is 1.82. The Hall–Kier alpha value is -4.61. The first-order valence-electron chi connectivity index (χ1n) is 12.1. The molecule has 12 heteroatoms. The molecule has 1 unspecified atom stereocenters. The van der Waals surface area contributed by atoms with Gasteiger partial charge < -0.3 is 19.6 Å². The fourth-order valence-corrected chi connectivity index (χ4v) is 4.54. The van der Waals surface area contributed by atoms with Gasteiger partial charge in [-0.15, -0.1) is 0 Å². The van der Waals surface area contributed by atoms with Crippen molar-refractivity contribution >= 4 is 27.7 Å². The van der Waals surface area contributed by atoms with Crippen molar-refractivity contribution in [3.8, 4) is 22.6 Å². The Morgan fingerprint density at radius 3 is 2.64 bits per heavy atom. The van der Waals surface area contributed by atoms with Gasteiger partial charge >= 0.3 is 0 Å². The molecule has 5 rings (SSSR count). The van der Waals surface area contributed by atoms with Crippen LogP contribution < -0.4 is 15.6 Å². The summed E-state index contributed by atoms with van der Waals surface area (Å²) in [7, 11) is 1.55. The maximum Gasteiger partial charge on any atom is 0.289 e. The van der Waals surface area contributed by atoms with Crippen molar-refractivity contribution < 1.29 is 22.7 Å². The number of hydrogen-bond acceptors (Lipinski definition) is 5. The maximum atomic E-state index is 14.5. The number of nitrogens with one attached hydrogen (secondary N) is 2. The molecule has 4 aromatic heterocycles. The van der Waals surface area contributed by atoms with Gasteiger partial charge in [-0.25, -0.2) is 17.9 Å². The standard InChI is InChI=1S/C27H25F3N6O3/c1-5-31-26(37)19-9-17-18(12-35(4)27(38)22(17)34-19)16-10-20-15(11-33-36(20)25(30)24(28)29)8-21(16)39-23-13(2)6-7-32-14(23)3/h6-12,24-25,34H,5H2,1-4H3,(H,31,37). The average Bonchev–Trinajstić information content (AvgIpc) is 3.52. The third kappa shape index (κ3) is 4.51.